The Bertz CT molecular complexity index is 929. The molecule has 0 aliphatic heterocycles. The molecule has 10 heteroatoms. The number of fused-ring (bicyclic) bond motifs is 1. The van der Waals surface area contributed by atoms with Crippen LogP contribution in [0.5, 0.6) is 11.5 Å². The average Bonchev–Trinajstić information content (AvgIpc) is 3.08. The molecule has 0 aliphatic carbocycles. The van der Waals surface area contributed by atoms with Crippen LogP contribution in [0.25, 0.3) is 11.2 Å². The third kappa shape index (κ3) is 3.97. The van der Waals surface area contributed by atoms with E-state index in [1.54, 1.807) is 25.3 Å². The molecule has 0 saturated heterocycles. The van der Waals surface area contributed by atoms with Crippen LogP contribution in [0.3, 0.4) is 0 Å². The Kier molecular flexibility index (Phi) is 5.42. The number of H-pyrrole nitrogens is 1. The summed E-state index contributed by atoms with van der Waals surface area (Å²) in [5.74, 6) is 1.26. The van der Waals surface area contributed by atoms with Crippen molar-refractivity contribution in [2.45, 2.75) is 11.9 Å². The van der Waals surface area contributed by atoms with E-state index in [-0.39, 0.29) is 17.6 Å². The van der Waals surface area contributed by atoms with Gasteiger partial charge in [0.05, 0.1) is 25.8 Å². The third-order valence-electron chi connectivity index (χ3n) is 3.36. The number of amides is 1. The van der Waals surface area contributed by atoms with Gasteiger partial charge in [-0.15, -0.1) is 0 Å². The topological polar surface area (TPSA) is 128 Å². The summed E-state index contributed by atoms with van der Waals surface area (Å²) in [5.41, 5.74) is 7.41. The van der Waals surface area contributed by atoms with E-state index >= 15 is 0 Å². The Balaban J connectivity index is 1.67. The highest BCUT2D eigenvalue weighted by Crippen LogP contribution is 2.30. The summed E-state index contributed by atoms with van der Waals surface area (Å²) in [5, 5.41) is 3.40. The van der Waals surface area contributed by atoms with Gasteiger partial charge >= 0.3 is 0 Å². The van der Waals surface area contributed by atoms with E-state index < -0.39 is 0 Å². The van der Waals surface area contributed by atoms with E-state index in [4.69, 9.17) is 15.2 Å². The van der Waals surface area contributed by atoms with E-state index in [1.807, 2.05) is 6.92 Å². The van der Waals surface area contributed by atoms with Gasteiger partial charge in [-0.05, 0) is 19.1 Å². The Labute approximate surface area is 153 Å². The zero-order valence-corrected chi connectivity index (χ0v) is 15.1. The van der Waals surface area contributed by atoms with Gasteiger partial charge in [-0.3, -0.25) is 4.79 Å². The molecule has 136 valence electrons. The number of hydrogen-bond donors (Lipinski definition) is 3. The van der Waals surface area contributed by atoms with Gasteiger partial charge in [-0.1, -0.05) is 11.8 Å². The minimum atomic E-state index is -0.188. The van der Waals surface area contributed by atoms with Crippen molar-refractivity contribution in [1.82, 2.24) is 19.9 Å². The first-order valence-electron chi connectivity index (χ1n) is 7.80. The number of benzene rings is 1. The normalized spacial score (nSPS) is 10.7. The maximum Gasteiger partial charge on any atom is 0.234 e. The van der Waals surface area contributed by atoms with Gasteiger partial charge in [0.25, 0.3) is 0 Å². The molecule has 4 N–H and O–H groups in total. The molecule has 0 radical (unpaired) electrons. The van der Waals surface area contributed by atoms with E-state index in [0.29, 0.717) is 40.0 Å². The van der Waals surface area contributed by atoms with Gasteiger partial charge in [-0.25, -0.2) is 9.97 Å². The minimum Gasteiger partial charge on any atom is -0.493 e. The smallest absolute Gasteiger partial charge is 0.234 e. The number of anilines is 2. The molecule has 1 amide bonds. The number of nitrogens with two attached hydrogens (primary N) is 1. The van der Waals surface area contributed by atoms with E-state index in [1.165, 1.54) is 18.1 Å². The van der Waals surface area contributed by atoms with Crippen molar-refractivity contribution in [3.05, 3.63) is 24.5 Å². The lowest BCUT2D eigenvalue weighted by Crippen LogP contribution is -2.14. The Morgan fingerprint density at radius 3 is 2.96 bits per heavy atom. The van der Waals surface area contributed by atoms with Gasteiger partial charge in [0.15, 0.2) is 17.1 Å². The van der Waals surface area contributed by atoms with Crippen LogP contribution in [0, 0.1) is 0 Å². The fourth-order valence-electron chi connectivity index (χ4n) is 2.28. The SMILES string of the molecule is CCOc1cc(NC(=O)CSc2nc(N)nc3nc[nH]c23)ccc1OC. The van der Waals surface area contributed by atoms with Gasteiger partial charge in [0.1, 0.15) is 10.5 Å². The Hall–Kier alpha value is -3.01. The number of nitrogens with zero attached hydrogens (tertiary/aromatic N) is 3. The molecule has 0 unspecified atom stereocenters. The summed E-state index contributed by atoms with van der Waals surface area (Å²) in [6.45, 7) is 2.38. The molecule has 0 spiro atoms. The first kappa shape index (κ1) is 17.8. The molecule has 0 bridgehead atoms. The van der Waals surface area contributed by atoms with Crippen molar-refractivity contribution in [1.29, 1.82) is 0 Å². The first-order valence-corrected chi connectivity index (χ1v) is 8.79. The van der Waals surface area contributed by atoms with Gasteiger partial charge < -0.3 is 25.5 Å². The second-order valence-electron chi connectivity index (χ2n) is 5.12. The fourth-order valence-corrected chi connectivity index (χ4v) is 3.07. The maximum absolute atomic E-state index is 12.3. The number of nitrogen functional groups attached to an aromatic ring is 1. The van der Waals surface area contributed by atoms with Crippen LogP contribution < -0.4 is 20.5 Å². The maximum atomic E-state index is 12.3. The Morgan fingerprint density at radius 2 is 2.19 bits per heavy atom. The van der Waals surface area contributed by atoms with Crippen LogP contribution >= 0.6 is 11.8 Å². The quantitative estimate of drug-likeness (QED) is 0.423. The molecule has 2 aromatic heterocycles. The number of carbonyl (C=O) groups excluding carboxylic acids is 1. The van der Waals surface area contributed by atoms with Crippen LogP contribution in [-0.4, -0.2) is 45.3 Å². The number of ether oxygens (including phenoxy) is 2. The number of aromatic nitrogens is 4. The Morgan fingerprint density at radius 1 is 1.35 bits per heavy atom. The fraction of sp³-hybridized carbons (Fsp3) is 0.250. The second kappa shape index (κ2) is 7.91. The van der Waals surface area contributed by atoms with Crippen molar-refractivity contribution < 1.29 is 14.3 Å². The van der Waals surface area contributed by atoms with Crippen LogP contribution in [-0.2, 0) is 4.79 Å². The molecule has 1 aromatic carbocycles. The van der Waals surface area contributed by atoms with Gasteiger partial charge in [-0.2, -0.15) is 4.98 Å². The lowest BCUT2D eigenvalue weighted by atomic mass is 10.2. The second-order valence-corrected chi connectivity index (χ2v) is 6.09. The van der Waals surface area contributed by atoms with E-state index in [2.05, 4.69) is 25.3 Å². The first-order chi connectivity index (χ1) is 12.6. The monoisotopic (exact) mass is 374 g/mol. The summed E-state index contributed by atoms with van der Waals surface area (Å²) >= 11 is 1.25. The number of nitrogens with one attached hydrogen (secondary N) is 2. The molecule has 2 heterocycles. The lowest BCUT2D eigenvalue weighted by Gasteiger charge is -2.11. The molecule has 0 atom stereocenters. The highest BCUT2D eigenvalue weighted by molar-refractivity contribution is 8.00. The van der Waals surface area contributed by atoms with Gasteiger partial charge in [0, 0.05) is 11.8 Å². The predicted molar refractivity (Wildman–Crippen MR) is 99.6 cm³/mol. The van der Waals surface area contributed by atoms with Crippen molar-refractivity contribution in [3.63, 3.8) is 0 Å². The molecule has 9 nitrogen and oxygen atoms in total. The zero-order chi connectivity index (χ0) is 18.5. The predicted octanol–water partition coefficient (Wildman–Crippen LogP) is 2.07. The molecule has 3 aromatic rings. The van der Waals surface area contributed by atoms with E-state index in [0.717, 1.165) is 0 Å². The molecule has 0 saturated carbocycles. The number of imidazole rings is 1. The number of aromatic amines is 1. The highest BCUT2D eigenvalue weighted by Gasteiger charge is 2.12. The average molecular weight is 374 g/mol. The summed E-state index contributed by atoms with van der Waals surface area (Å²) in [4.78, 5) is 27.4. The number of rotatable bonds is 7. The summed E-state index contributed by atoms with van der Waals surface area (Å²) < 4.78 is 10.7. The molecular formula is C16H18N6O3S. The highest BCUT2D eigenvalue weighted by atomic mass is 32.2. The number of thioether (sulfide) groups is 1. The minimum absolute atomic E-state index is 0.115. The lowest BCUT2D eigenvalue weighted by molar-refractivity contribution is -0.113. The summed E-state index contributed by atoms with van der Waals surface area (Å²) in [7, 11) is 1.57. The number of hydrogen-bond acceptors (Lipinski definition) is 8. The van der Waals surface area contributed by atoms with Crippen molar-refractivity contribution in [3.8, 4) is 11.5 Å². The summed E-state index contributed by atoms with van der Waals surface area (Å²) in [6.07, 6.45) is 1.51. The van der Waals surface area contributed by atoms with Crippen molar-refractivity contribution >= 4 is 40.5 Å². The van der Waals surface area contributed by atoms with Crippen molar-refractivity contribution in [2.75, 3.05) is 30.5 Å². The number of carbonyl (C=O) groups is 1. The molecule has 0 aliphatic rings. The zero-order valence-electron chi connectivity index (χ0n) is 14.3. The molecule has 3 rings (SSSR count). The standard InChI is InChI=1S/C16H18N6O3S/c1-3-25-11-6-9(4-5-10(11)24-2)20-12(23)7-26-15-13-14(19-8-18-13)21-16(17)22-15/h4-6,8H,3,7H2,1-2H3,(H,20,23)(H3,17,18,19,21,22). The van der Waals surface area contributed by atoms with Crippen LogP contribution in [0.4, 0.5) is 11.6 Å². The van der Waals surface area contributed by atoms with Crippen LogP contribution in [0.15, 0.2) is 29.6 Å². The van der Waals surface area contributed by atoms with E-state index in [9.17, 15) is 4.79 Å². The molecular weight excluding hydrogens is 356 g/mol. The molecule has 0 fully saturated rings. The molecule has 26 heavy (non-hydrogen) atoms. The number of methoxy groups -OCH3 is 1. The largest absolute Gasteiger partial charge is 0.493 e. The van der Waals surface area contributed by atoms with Gasteiger partial charge in [0.2, 0.25) is 11.9 Å². The van der Waals surface area contributed by atoms with Crippen LogP contribution in [0.1, 0.15) is 6.92 Å². The third-order valence-corrected chi connectivity index (χ3v) is 4.33. The van der Waals surface area contributed by atoms with Crippen LogP contribution in [0.2, 0.25) is 0 Å². The summed E-state index contributed by atoms with van der Waals surface area (Å²) in [6, 6.07) is 5.22. The van der Waals surface area contributed by atoms with Crippen molar-refractivity contribution in [2.24, 2.45) is 0 Å².